The smallest absolute Gasteiger partial charge is 0.0247 e. The third kappa shape index (κ3) is 4.43. The number of nitrogens with zero attached hydrogens (tertiary/aromatic N) is 2. The van der Waals surface area contributed by atoms with Crippen LogP contribution < -0.4 is 5.73 Å². The van der Waals surface area contributed by atoms with Crippen LogP contribution in [-0.4, -0.2) is 54.6 Å². The monoisotopic (exact) mass is 293 g/mol. The van der Waals surface area contributed by atoms with Crippen LogP contribution in [0.2, 0.25) is 0 Å². The molecular weight excluding hydrogens is 258 g/mol. The first kappa shape index (κ1) is 15.8. The summed E-state index contributed by atoms with van der Waals surface area (Å²) in [4.78, 5) is 5.44. The van der Waals surface area contributed by atoms with Gasteiger partial charge in [-0.1, -0.05) is 25.7 Å². The number of rotatable bonds is 3. The molecule has 3 nitrogen and oxygen atoms in total. The Bertz CT molecular complexity index is 293. The fraction of sp³-hybridized carbons (Fsp3) is 1.00. The Balaban J connectivity index is 1.45. The summed E-state index contributed by atoms with van der Waals surface area (Å²) in [5.74, 6) is 0.948. The van der Waals surface area contributed by atoms with Crippen molar-refractivity contribution in [3.8, 4) is 0 Å². The minimum Gasteiger partial charge on any atom is -0.326 e. The Morgan fingerprint density at radius 3 is 2.10 bits per heavy atom. The van der Waals surface area contributed by atoms with E-state index in [-0.39, 0.29) is 0 Å². The van der Waals surface area contributed by atoms with Crippen molar-refractivity contribution in [1.82, 2.24) is 9.80 Å². The molecule has 2 atom stereocenters. The third-order valence-electron chi connectivity index (χ3n) is 6.11. The van der Waals surface area contributed by atoms with Gasteiger partial charge in [0.2, 0.25) is 0 Å². The molecule has 1 saturated carbocycles. The summed E-state index contributed by atoms with van der Waals surface area (Å²) in [7, 11) is 0. The van der Waals surface area contributed by atoms with Crippen molar-refractivity contribution in [2.75, 3.05) is 32.7 Å². The lowest BCUT2D eigenvalue weighted by Crippen LogP contribution is -2.51. The van der Waals surface area contributed by atoms with Crippen molar-refractivity contribution in [2.45, 2.75) is 76.3 Å². The maximum atomic E-state index is 6.50. The molecule has 0 bridgehead atoms. The van der Waals surface area contributed by atoms with Crippen molar-refractivity contribution < 1.29 is 0 Å². The van der Waals surface area contributed by atoms with Gasteiger partial charge in [0, 0.05) is 18.6 Å². The maximum Gasteiger partial charge on any atom is 0.0247 e. The van der Waals surface area contributed by atoms with E-state index in [0.717, 1.165) is 5.92 Å². The average molecular weight is 293 g/mol. The van der Waals surface area contributed by atoms with Crippen LogP contribution >= 0.6 is 0 Å². The first-order valence-electron chi connectivity index (χ1n) is 9.55. The molecule has 2 aliphatic heterocycles. The predicted octanol–water partition coefficient (Wildman–Crippen LogP) is 2.84. The van der Waals surface area contributed by atoms with Crippen LogP contribution in [0.3, 0.4) is 0 Å². The molecule has 2 N–H and O–H groups in total. The summed E-state index contributed by atoms with van der Waals surface area (Å²) in [6.07, 6.45) is 13.8. The van der Waals surface area contributed by atoms with Crippen molar-refractivity contribution in [1.29, 1.82) is 0 Å². The zero-order valence-corrected chi connectivity index (χ0v) is 13.8. The van der Waals surface area contributed by atoms with Crippen LogP contribution in [0.25, 0.3) is 0 Å². The molecule has 0 aromatic carbocycles. The second-order valence-electron chi connectivity index (χ2n) is 7.71. The van der Waals surface area contributed by atoms with Gasteiger partial charge in [-0.05, 0) is 70.6 Å². The van der Waals surface area contributed by atoms with Crippen molar-refractivity contribution in [2.24, 2.45) is 11.7 Å². The van der Waals surface area contributed by atoms with Gasteiger partial charge >= 0.3 is 0 Å². The van der Waals surface area contributed by atoms with E-state index in [1.54, 1.807) is 0 Å². The van der Waals surface area contributed by atoms with Gasteiger partial charge in [0.25, 0.3) is 0 Å². The van der Waals surface area contributed by atoms with E-state index in [1.807, 2.05) is 0 Å². The number of hydrogen-bond donors (Lipinski definition) is 1. The summed E-state index contributed by atoms with van der Waals surface area (Å²) >= 11 is 0. The number of likely N-dealkylation sites (tertiary alicyclic amines) is 2. The van der Waals surface area contributed by atoms with E-state index in [9.17, 15) is 0 Å². The highest BCUT2D eigenvalue weighted by atomic mass is 15.2. The highest BCUT2D eigenvalue weighted by molar-refractivity contribution is 4.87. The lowest BCUT2D eigenvalue weighted by atomic mass is 9.88. The summed E-state index contributed by atoms with van der Waals surface area (Å²) < 4.78 is 0. The van der Waals surface area contributed by atoms with Gasteiger partial charge in [-0.2, -0.15) is 0 Å². The highest BCUT2D eigenvalue weighted by Gasteiger charge is 2.30. The lowest BCUT2D eigenvalue weighted by molar-refractivity contribution is 0.0903. The molecule has 0 amide bonds. The normalized spacial score (nSPS) is 34.7. The van der Waals surface area contributed by atoms with Crippen molar-refractivity contribution in [3.05, 3.63) is 0 Å². The van der Waals surface area contributed by atoms with E-state index in [2.05, 4.69) is 9.80 Å². The van der Waals surface area contributed by atoms with Crippen LogP contribution in [0.4, 0.5) is 0 Å². The number of piperidine rings is 1. The van der Waals surface area contributed by atoms with Crippen LogP contribution in [-0.2, 0) is 0 Å². The van der Waals surface area contributed by atoms with Crippen molar-refractivity contribution in [3.63, 3.8) is 0 Å². The molecule has 2 heterocycles. The van der Waals surface area contributed by atoms with E-state index in [0.29, 0.717) is 12.1 Å². The Morgan fingerprint density at radius 1 is 0.714 bits per heavy atom. The van der Waals surface area contributed by atoms with Crippen LogP contribution in [0, 0.1) is 5.92 Å². The molecular formula is C18H35N3. The molecule has 21 heavy (non-hydrogen) atoms. The van der Waals surface area contributed by atoms with Crippen LogP contribution in [0.1, 0.15) is 64.2 Å². The number of nitrogens with two attached hydrogens (primary N) is 1. The fourth-order valence-corrected chi connectivity index (χ4v) is 4.74. The molecule has 0 aromatic rings. The first-order valence-corrected chi connectivity index (χ1v) is 9.55. The molecule has 3 heteroatoms. The second kappa shape index (κ2) is 7.94. The molecule has 122 valence electrons. The van der Waals surface area contributed by atoms with Gasteiger partial charge in [0.05, 0.1) is 0 Å². The quantitative estimate of drug-likeness (QED) is 0.868. The van der Waals surface area contributed by atoms with E-state index in [1.165, 1.54) is 96.9 Å². The van der Waals surface area contributed by atoms with E-state index >= 15 is 0 Å². The number of hydrogen-bond acceptors (Lipinski definition) is 3. The second-order valence-corrected chi connectivity index (χ2v) is 7.71. The van der Waals surface area contributed by atoms with E-state index in [4.69, 9.17) is 5.73 Å². The molecule has 0 spiro atoms. The van der Waals surface area contributed by atoms with Crippen LogP contribution in [0.15, 0.2) is 0 Å². The van der Waals surface area contributed by atoms with E-state index < -0.39 is 0 Å². The largest absolute Gasteiger partial charge is 0.326 e. The Hall–Kier alpha value is -0.120. The molecule has 1 aliphatic carbocycles. The Kier molecular flexibility index (Phi) is 5.96. The lowest BCUT2D eigenvalue weighted by Gasteiger charge is -2.41. The molecule has 0 aromatic heterocycles. The molecule has 3 fully saturated rings. The SMILES string of the molecule is NC1CCCCCCC1N1CCC(CN2CCCC2)CC1. The van der Waals surface area contributed by atoms with Gasteiger partial charge in [0.15, 0.2) is 0 Å². The standard InChI is InChI=1S/C18H35N3/c19-17-7-3-1-2-4-8-18(17)21-13-9-16(10-14-21)15-20-11-5-6-12-20/h16-18H,1-15,19H2. The Morgan fingerprint density at radius 2 is 1.38 bits per heavy atom. The first-order chi connectivity index (χ1) is 10.3. The highest BCUT2D eigenvalue weighted by Crippen LogP contribution is 2.26. The molecule has 2 saturated heterocycles. The Labute approximate surface area is 131 Å². The minimum absolute atomic E-state index is 0.431. The molecule has 2 unspecified atom stereocenters. The third-order valence-corrected chi connectivity index (χ3v) is 6.11. The minimum atomic E-state index is 0.431. The van der Waals surface area contributed by atoms with Gasteiger partial charge < -0.3 is 10.6 Å². The summed E-state index contributed by atoms with van der Waals surface area (Å²) in [6, 6.07) is 1.11. The topological polar surface area (TPSA) is 32.5 Å². The van der Waals surface area contributed by atoms with Gasteiger partial charge in [-0.15, -0.1) is 0 Å². The van der Waals surface area contributed by atoms with Gasteiger partial charge in [-0.3, -0.25) is 4.90 Å². The molecule has 0 radical (unpaired) electrons. The molecule has 3 aliphatic rings. The zero-order valence-electron chi connectivity index (χ0n) is 13.8. The summed E-state index contributed by atoms with van der Waals surface area (Å²) in [5, 5.41) is 0. The van der Waals surface area contributed by atoms with Gasteiger partial charge in [-0.25, -0.2) is 0 Å². The predicted molar refractivity (Wildman–Crippen MR) is 89.4 cm³/mol. The summed E-state index contributed by atoms with van der Waals surface area (Å²) in [6.45, 7) is 6.68. The zero-order chi connectivity index (χ0) is 14.5. The maximum absolute atomic E-state index is 6.50. The van der Waals surface area contributed by atoms with Gasteiger partial charge in [0.1, 0.15) is 0 Å². The average Bonchev–Trinajstić information content (AvgIpc) is 2.98. The fourth-order valence-electron chi connectivity index (χ4n) is 4.74. The molecule has 3 rings (SSSR count). The van der Waals surface area contributed by atoms with Crippen LogP contribution in [0.5, 0.6) is 0 Å². The summed E-state index contributed by atoms with van der Waals surface area (Å²) in [5.41, 5.74) is 6.50. The van der Waals surface area contributed by atoms with Crippen molar-refractivity contribution >= 4 is 0 Å².